The van der Waals surface area contributed by atoms with Gasteiger partial charge in [-0.05, 0) is 67.8 Å². The van der Waals surface area contributed by atoms with E-state index >= 15 is 0 Å². The zero-order valence-corrected chi connectivity index (χ0v) is 12.5. The molecular formula is C17H22F3N. The molecule has 0 bridgehead atoms. The van der Waals surface area contributed by atoms with Gasteiger partial charge in [-0.25, -0.2) is 0 Å². The van der Waals surface area contributed by atoms with E-state index in [2.05, 4.69) is 5.32 Å². The molecule has 1 aromatic carbocycles. The molecule has 0 radical (unpaired) electrons. The molecule has 3 unspecified atom stereocenters. The molecule has 3 atom stereocenters. The van der Waals surface area contributed by atoms with Gasteiger partial charge in [0.25, 0.3) is 0 Å². The maximum atomic E-state index is 12.8. The number of hydrogen-bond acceptors (Lipinski definition) is 1. The highest BCUT2D eigenvalue weighted by Crippen LogP contribution is 2.60. The van der Waals surface area contributed by atoms with Gasteiger partial charge in [-0.1, -0.05) is 18.9 Å². The first kappa shape index (κ1) is 14.9. The lowest BCUT2D eigenvalue weighted by Crippen LogP contribution is -2.21. The molecule has 1 aromatic rings. The molecule has 21 heavy (non-hydrogen) atoms. The van der Waals surface area contributed by atoms with E-state index in [4.69, 9.17) is 0 Å². The number of rotatable bonds is 3. The molecule has 0 aromatic heterocycles. The first-order valence-electron chi connectivity index (χ1n) is 7.78. The predicted octanol–water partition coefficient (Wildman–Crippen LogP) is 4.71. The average Bonchev–Trinajstić information content (AvgIpc) is 3.15. The monoisotopic (exact) mass is 297 g/mol. The quantitative estimate of drug-likeness (QED) is 0.852. The highest BCUT2D eigenvalue weighted by molar-refractivity contribution is 5.36. The molecule has 2 fully saturated rings. The number of alkyl halides is 3. The van der Waals surface area contributed by atoms with Gasteiger partial charge >= 0.3 is 6.18 Å². The van der Waals surface area contributed by atoms with Crippen molar-refractivity contribution in [2.75, 3.05) is 7.05 Å². The first-order valence-corrected chi connectivity index (χ1v) is 7.78. The Morgan fingerprint density at radius 3 is 2.24 bits per heavy atom. The van der Waals surface area contributed by atoms with Crippen LogP contribution < -0.4 is 5.32 Å². The van der Waals surface area contributed by atoms with Crippen LogP contribution in [0.25, 0.3) is 0 Å². The normalized spacial score (nSPS) is 29.9. The van der Waals surface area contributed by atoms with Crippen LogP contribution >= 0.6 is 0 Å². The van der Waals surface area contributed by atoms with Crippen LogP contribution in [0.3, 0.4) is 0 Å². The van der Waals surface area contributed by atoms with Crippen molar-refractivity contribution in [2.24, 2.45) is 17.8 Å². The third kappa shape index (κ3) is 2.70. The standard InChI is InChI=1S/C17H22F3N/c1-10-9-11(17(18,19)20)7-8-12(10)16(21-2)15-13-5-3-4-6-14(13)15/h7-9,13-16,21H,3-6H2,1-2H3. The van der Waals surface area contributed by atoms with Crippen LogP contribution in [0.2, 0.25) is 0 Å². The fraction of sp³-hybridized carbons (Fsp3) is 0.647. The lowest BCUT2D eigenvalue weighted by molar-refractivity contribution is -0.137. The number of hydrogen-bond donors (Lipinski definition) is 1. The van der Waals surface area contributed by atoms with E-state index in [-0.39, 0.29) is 6.04 Å². The Morgan fingerprint density at radius 1 is 1.14 bits per heavy atom. The SMILES string of the molecule is CNC(c1ccc(C(F)(F)F)cc1C)C1C2CCCCC21. The van der Waals surface area contributed by atoms with Crippen molar-refractivity contribution in [1.29, 1.82) is 0 Å². The van der Waals surface area contributed by atoms with E-state index in [1.54, 1.807) is 13.0 Å². The van der Waals surface area contributed by atoms with E-state index in [0.29, 0.717) is 5.92 Å². The molecule has 0 spiro atoms. The summed E-state index contributed by atoms with van der Waals surface area (Å²) in [4.78, 5) is 0. The van der Waals surface area contributed by atoms with E-state index in [9.17, 15) is 13.2 Å². The van der Waals surface area contributed by atoms with Crippen molar-refractivity contribution in [3.05, 3.63) is 34.9 Å². The number of halogens is 3. The molecule has 0 heterocycles. The molecule has 0 aliphatic heterocycles. The summed E-state index contributed by atoms with van der Waals surface area (Å²) in [5.74, 6) is 2.16. The summed E-state index contributed by atoms with van der Waals surface area (Å²) in [5.41, 5.74) is 1.23. The van der Waals surface area contributed by atoms with E-state index in [1.165, 1.54) is 37.8 Å². The number of nitrogens with one attached hydrogen (secondary N) is 1. The van der Waals surface area contributed by atoms with Gasteiger partial charge in [0.05, 0.1) is 5.56 Å². The number of fused-ring (bicyclic) bond motifs is 1. The van der Waals surface area contributed by atoms with Crippen LogP contribution in [0, 0.1) is 24.7 Å². The zero-order valence-electron chi connectivity index (χ0n) is 12.5. The van der Waals surface area contributed by atoms with E-state index in [0.717, 1.165) is 23.0 Å². The highest BCUT2D eigenvalue weighted by atomic mass is 19.4. The Bertz CT molecular complexity index is 511. The molecular weight excluding hydrogens is 275 g/mol. The van der Waals surface area contributed by atoms with Gasteiger partial charge in [-0.2, -0.15) is 13.2 Å². The molecule has 4 heteroatoms. The highest BCUT2D eigenvalue weighted by Gasteiger charge is 2.54. The molecule has 116 valence electrons. The molecule has 1 N–H and O–H groups in total. The molecule has 2 aliphatic carbocycles. The van der Waals surface area contributed by atoms with Crippen LogP contribution in [-0.4, -0.2) is 7.05 Å². The average molecular weight is 297 g/mol. The largest absolute Gasteiger partial charge is 0.416 e. The van der Waals surface area contributed by atoms with Crippen molar-refractivity contribution >= 4 is 0 Å². The maximum absolute atomic E-state index is 12.8. The zero-order chi connectivity index (χ0) is 15.2. The molecule has 2 saturated carbocycles. The molecule has 3 rings (SSSR count). The minimum Gasteiger partial charge on any atom is -0.313 e. The van der Waals surface area contributed by atoms with Crippen LogP contribution in [0.4, 0.5) is 13.2 Å². The Hall–Kier alpha value is -1.03. The summed E-state index contributed by atoms with van der Waals surface area (Å²) in [6.45, 7) is 1.79. The predicted molar refractivity (Wildman–Crippen MR) is 76.9 cm³/mol. The lowest BCUT2D eigenvalue weighted by atomic mass is 9.94. The second kappa shape index (κ2) is 5.31. The van der Waals surface area contributed by atoms with E-state index < -0.39 is 11.7 Å². The summed E-state index contributed by atoms with van der Waals surface area (Å²) in [6.07, 6.45) is 0.923. The maximum Gasteiger partial charge on any atom is 0.416 e. The van der Waals surface area contributed by atoms with Gasteiger partial charge in [-0.3, -0.25) is 0 Å². The van der Waals surface area contributed by atoms with Crippen LogP contribution in [-0.2, 0) is 6.18 Å². The van der Waals surface area contributed by atoms with Gasteiger partial charge < -0.3 is 5.32 Å². The summed E-state index contributed by atoms with van der Waals surface area (Å²) in [6, 6.07) is 4.37. The topological polar surface area (TPSA) is 12.0 Å². The minimum absolute atomic E-state index is 0.195. The number of aryl methyl sites for hydroxylation is 1. The molecule has 1 nitrogen and oxygen atoms in total. The van der Waals surface area contributed by atoms with Gasteiger partial charge in [0, 0.05) is 6.04 Å². The Morgan fingerprint density at radius 2 is 1.76 bits per heavy atom. The fourth-order valence-corrected chi connectivity index (χ4v) is 4.30. The summed E-state index contributed by atoms with van der Waals surface area (Å²) in [5, 5.41) is 3.35. The summed E-state index contributed by atoms with van der Waals surface area (Å²) in [7, 11) is 1.92. The third-order valence-electron chi connectivity index (χ3n) is 5.35. The van der Waals surface area contributed by atoms with Gasteiger partial charge in [-0.15, -0.1) is 0 Å². The lowest BCUT2D eigenvalue weighted by Gasteiger charge is -2.20. The Labute approximate surface area is 123 Å². The number of benzene rings is 1. The van der Waals surface area contributed by atoms with Crippen molar-refractivity contribution in [3.63, 3.8) is 0 Å². The van der Waals surface area contributed by atoms with Crippen molar-refractivity contribution in [2.45, 2.75) is 44.8 Å². The Kier molecular flexibility index (Phi) is 3.76. The van der Waals surface area contributed by atoms with Gasteiger partial charge in [0.2, 0.25) is 0 Å². The van der Waals surface area contributed by atoms with E-state index in [1.807, 2.05) is 7.05 Å². The van der Waals surface area contributed by atoms with Gasteiger partial charge in [0.15, 0.2) is 0 Å². The fourth-order valence-electron chi connectivity index (χ4n) is 4.30. The van der Waals surface area contributed by atoms with Gasteiger partial charge in [0.1, 0.15) is 0 Å². The van der Waals surface area contributed by atoms with Crippen molar-refractivity contribution < 1.29 is 13.2 Å². The van der Waals surface area contributed by atoms with Crippen LogP contribution in [0.15, 0.2) is 18.2 Å². The third-order valence-corrected chi connectivity index (χ3v) is 5.35. The first-order chi connectivity index (χ1) is 9.93. The summed E-state index contributed by atoms with van der Waals surface area (Å²) < 4.78 is 38.3. The van der Waals surface area contributed by atoms with Crippen molar-refractivity contribution in [3.8, 4) is 0 Å². The smallest absolute Gasteiger partial charge is 0.313 e. The van der Waals surface area contributed by atoms with Crippen molar-refractivity contribution in [1.82, 2.24) is 5.32 Å². The second-order valence-corrected chi connectivity index (χ2v) is 6.52. The van der Waals surface area contributed by atoms with Crippen LogP contribution in [0.1, 0.15) is 48.4 Å². The molecule has 0 saturated heterocycles. The molecule has 0 amide bonds. The molecule has 2 aliphatic rings. The second-order valence-electron chi connectivity index (χ2n) is 6.52. The van der Waals surface area contributed by atoms with Crippen LogP contribution in [0.5, 0.6) is 0 Å². The Balaban J connectivity index is 1.85. The minimum atomic E-state index is -4.26. The summed E-state index contributed by atoms with van der Waals surface area (Å²) >= 11 is 0.